The Morgan fingerprint density at radius 3 is 2.22 bits per heavy atom. The Balaban J connectivity index is 2.14. The van der Waals surface area contributed by atoms with Gasteiger partial charge in [-0.25, -0.2) is 4.98 Å². The van der Waals surface area contributed by atoms with Gasteiger partial charge in [0.15, 0.2) is 5.82 Å². The largest absolute Gasteiger partial charge is 0.281 e. The second-order valence-electron chi connectivity index (χ2n) is 6.29. The maximum atomic E-state index is 6.11. The summed E-state index contributed by atoms with van der Waals surface area (Å²) in [5.41, 5.74) is 2.24. The fourth-order valence-electron chi connectivity index (χ4n) is 2.22. The van der Waals surface area contributed by atoms with Crippen molar-refractivity contribution in [2.45, 2.75) is 26.2 Å². The number of halogens is 2. The molecule has 0 saturated carbocycles. The molecule has 6 heteroatoms. The Morgan fingerprint density at radius 2 is 1.57 bits per heavy atom. The molecule has 0 fully saturated rings. The highest BCUT2D eigenvalue weighted by Crippen LogP contribution is 2.33. The molecule has 118 valence electrons. The van der Waals surface area contributed by atoms with Crippen molar-refractivity contribution < 1.29 is 0 Å². The van der Waals surface area contributed by atoms with Gasteiger partial charge in [0, 0.05) is 16.6 Å². The highest BCUT2D eigenvalue weighted by Gasteiger charge is 2.24. The fraction of sp³-hybridized carbons (Fsp3) is 0.235. The van der Waals surface area contributed by atoms with Crippen molar-refractivity contribution in [1.29, 1.82) is 0 Å². The molecular weight excluding hydrogens is 331 g/mol. The topological polar surface area (TPSA) is 42.0 Å². The summed E-state index contributed by atoms with van der Waals surface area (Å²) < 4.78 is 1.86. The molecule has 0 bridgehead atoms. The first-order valence-corrected chi connectivity index (χ1v) is 7.95. The summed E-state index contributed by atoms with van der Waals surface area (Å²) >= 11 is 12.0. The molecule has 0 saturated heterocycles. The van der Waals surface area contributed by atoms with Crippen LogP contribution >= 0.6 is 23.2 Å². The average molecular weight is 347 g/mol. The number of imidazole rings is 1. The standard InChI is InChI=1S/C17H16Cl2N4/c1-17(2,3)15-16(22-21-13-7-4-11(18)5-8-13)23-10-12(19)6-9-14(23)20-15/h4-10H,1-3H3. The highest BCUT2D eigenvalue weighted by atomic mass is 35.5. The minimum atomic E-state index is -0.160. The molecule has 4 nitrogen and oxygen atoms in total. The molecule has 0 aliphatic rings. The van der Waals surface area contributed by atoms with Gasteiger partial charge < -0.3 is 0 Å². The van der Waals surface area contributed by atoms with E-state index in [0.29, 0.717) is 15.9 Å². The molecule has 2 heterocycles. The third-order valence-electron chi connectivity index (χ3n) is 3.35. The van der Waals surface area contributed by atoms with Gasteiger partial charge in [-0.3, -0.25) is 4.40 Å². The zero-order valence-electron chi connectivity index (χ0n) is 13.1. The monoisotopic (exact) mass is 346 g/mol. The number of fused-ring (bicyclic) bond motifs is 1. The van der Waals surface area contributed by atoms with Crippen LogP contribution in [0, 0.1) is 0 Å². The molecule has 3 rings (SSSR count). The van der Waals surface area contributed by atoms with Gasteiger partial charge in [-0.05, 0) is 36.4 Å². The lowest BCUT2D eigenvalue weighted by Crippen LogP contribution is -2.11. The van der Waals surface area contributed by atoms with Gasteiger partial charge in [-0.15, -0.1) is 10.2 Å². The van der Waals surface area contributed by atoms with Crippen LogP contribution in [0.25, 0.3) is 5.65 Å². The van der Waals surface area contributed by atoms with Crippen LogP contribution < -0.4 is 0 Å². The van der Waals surface area contributed by atoms with Crippen molar-refractivity contribution in [2.24, 2.45) is 10.2 Å². The summed E-state index contributed by atoms with van der Waals surface area (Å²) in [6, 6.07) is 10.9. The molecule has 0 aliphatic carbocycles. The smallest absolute Gasteiger partial charge is 0.183 e. The van der Waals surface area contributed by atoms with Crippen molar-refractivity contribution in [3.8, 4) is 0 Å². The van der Waals surface area contributed by atoms with E-state index < -0.39 is 0 Å². The second-order valence-corrected chi connectivity index (χ2v) is 7.16. The van der Waals surface area contributed by atoms with Crippen LogP contribution in [0.5, 0.6) is 0 Å². The number of hydrogen-bond acceptors (Lipinski definition) is 3. The van der Waals surface area contributed by atoms with Crippen LogP contribution in [0.4, 0.5) is 11.5 Å². The lowest BCUT2D eigenvalue weighted by atomic mass is 9.92. The van der Waals surface area contributed by atoms with E-state index in [0.717, 1.165) is 17.0 Å². The number of aromatic nitrogens is 2. The minimum absolute atomic E-state index is 0.160. The Kier molecular flexibility index (Phi) is 4.13. The van der Waals surface area contributed by atoms with Crippen LogP contribution in [-0.4, -0.2) is 9.38 Å². The van der Waals surface area contributed by atoms with Gasteiger partial charge in [0.1, 0.15) is 5.65 Å². The maximum absolute atomic E-state index is 6.11. The van der Waals surface area contributed by atoms with E-state index in [4.69, 9.17) is 23.2 Å². The number of azo groups is 1. The molecule has 1 aromatic carbocycles. The number of nitrogens with zero attached hydrogens (tertiary/aromatic N) is 4. The van der Waals surface area contributed by atoms with Gasteiger partial charge in [-0.1, -0.05) is 44.0 Å². The zero-order chi connectivity index (χ0) is 16.6. The van der Waals surface area contributed by atoms with Gasteiger partial charge in [0.25, 0.3) is 0 Å². The van der Waals surface area contributed by atoms with E-state index in [1.54, 1.807) is 18.3 Å². The third kappa shape index (κ3) is 3.38. The number of hydrogen-bond donors (Lipinski definition) is 0. The summed E-state index contributed by atoms with van der Waals surface area (Å²) in [7, 11) is 0. The van der Waals surface area contributed by atoms with Crippen LogP contribution in [0.15, 0.2) is 52.8 Å². The Hall–Kier alpha value is -1.91. The molecule has 3 aromatic rings. The lowest BCUT2D eigenvalue weighted by Gasteiger charge is -2.15. The number of benzene rings is 1. The zero-order valence-corrected chi connectivity index (χ0v) is 14.6. The molecule has 2 aromatic heterocycles. The van der Waals surface area contributed by atoms with Gasteiger partial charge in [-0.2, -0.15) is 0 Å². The molecule has 0 amide bonds. The van der Waals surface area contributed by atoms with Gasteiger partial charge >= 0.3 is 0 Å². The van der Waals surface area contributed by atoms with Crippen molar-refractivity contribution >= 4 is 40.4 Å². The molecule has 0 atom stereocenters. The second kappa shape index (κ2) is 5.95. The van der Waals surface area contributed by atoms with E-state index in [-0.39, 0.29) is 5.41 Å². The van der Waals surface area contributed by atoms with Crippen LogP contribution in [-0.2, 0) is 5.41 Å². The average Bonchev–Trinajstić information content (AvgIpc) is 2.85. The van der Waals surface area contributed by atoms with Gasteiger partial charge in [0.2, 0.25) is 0 Å². The summed E-state index contributed by atoms with van der Waals surface area (Å²) in [4.78, 5) is 4.68. The molecule has 0 unspecified atom stereocenters. The number of pyridine rings is 1. The molecular formula is C17H16Cl2N4. The SMILES string of the molecule is CC(C)(C)c1nc2ccc(Cl)cn2c1N=Nc1ccc(Cl)cc1. The summed E-state index contributed by atoms with van der Waals surface area (Å²) in [6.45, 7) is 6.28. The normalized spacial score (nSPS) is 12.4. The molecule has 0 aliphatic heterocycles. The fourth-order valence-corrected chi connectivity index (χ4v) is 2.50. The predicted octanol–water partition coefficient (Wildman–Crippen LogP) is 6.35. The summed E-state index contributed by atoms with van der Waals surface area (Å²) in [6.07, 6.45) is 1.80. The molecule has 0 spiro atoms. The summed E-state index contributed by atoms with van der Waals surface area (Å²) in [5.74, 6) is 0.685. The quantitative estimate of drug-likeness (QED) is 0.498. The first-order valence-electron chi connectivity index (χ1n) is 7.20. The Bertz CT molecular complexity index is 874. The van der Waals surface area contributed by atoms with Crippen molar-refractivity contribution in [3.63, 3.8) is 0 Å². The van der Waals surface area contributed by atoms with Crippen LogP contribution in [0.2, 0.25) is 10.0 Å². The minimum Gasteiger partial charge on any atom is -0.281 e. The lowest BCUT2D eigenvalue weighted by molar-refractivity contribution is 0.574. The number of rotatable bonds is 2. The Labute approximate surface area is 144 Å². The maximum Gasteiger partial charge on any atom is 0.183 e. The van der Waals surface area contributed by atoms with Crippen LogP contribution in [0.3, 0.4) is 0 Å². The third-order valence-corrected chi connectivity index (χ3v) is 3.83. The van der Waals surface area contributed by atoms with Gasteiger partial charge in [0.05, 0.1) is 16.4 Å². The van der Waals surface area contributed by atoms with E-state index in [2.05, 4.69) is 36.0 Å². The Morgan fingerprint density at radius 1 is 0.913 bits per heavy atom. The first kappa shape index (κ1) is 16.0. The predicted molar refractivity (Wildman–Crippen MR) is 94.5 cm³/mol. The van der Waals surface area contributed by atoms with E-state index >= 15 is 0 Å². The molecule has 0 radical (unpaired) electrons. The van der Waals surface area contributed by atoms with Crippen molar-refractivity contribution in [1.82, 2.24) is 9.38 Å². The van der Waals surface area contributed by atoms with E-state index in [9.17, 15) is 0 Å². The highest BCUT2D eigenvalue weighted by molar-refractivity contribution is 6.30. The van der Waals surface area contributed by atoms with E-state index in [1.807, 2.05) is 28.7 Å². The summed E-state index contributed by atoms with van der Waals surface area (Å²) in [5, 5.41) is 10.0. The molecule has 0 N–H and O–H groups in total. The van der Waals surface area contributed by atoms with E-state index in [1.165, 1.54) is 0 Å². The van der Waals surface area contributed by atoms with Crippen LogP contribution in [0.1, 0.15) is 26.5 Å². The first-order chi connectivity index (χ1) is 10.8. The molecule has 23 heavy (non-hydrogen) atoms. The van der Waals surface area contributed by atoms with Crippen molar-refractivity contribution in [3.05, 3.63) is 58.3 Å². The van der Waals surface area contributed by atoms with Crippen molar-refractivity contribution in [2.75, 3.05) is 0 Å².